The average Bonchev–Trinajstić information content (AvgIpc) is 2.32. The van der Waals surface area contributed by atoms with Crippen LogP contribution >= 0.6 is 0 Å². The second-order valence-electron chi connectivity index (χ2n) is 4.33. The van der Waals surface area contributed by atoms with E-state index in [1.807, 2.05) is 6.92 Å². The molecule has 0 aromatic carbocycles. The Bertz CT molecular complexity index is 194. The Morgan fingerprint density at radius 1 is 1.50 bits per heavy atom. The summed E-state index contributed by atoms with van der Waals surface area (Å²) in [5.74, 6) is 0.0911. The molecule has 82 valence electrons. The molecule has 0 radical (unpaired) electrons. The van der Waals surface area contributed by atoms with Crippen LogP contribution in [-0.2, 0) is 4.79 Å². The maximum absolute atomic E-state index is 11.0. The monoisotopic (exact) mass is 199 g/mol. The van der Waals surface area contributed by atoms with Crippen molar-refractivity contribution < 1.29 is 9.90 Å². The molecule has 1 fully saturated rings. The first-order valence-corrected chi connectivity index (χ1v) is 5.62. The lowest BCUT2D eigenvalue weighted by Crippen LogP contribution is -2.41. The molecular weight excluding hydrogens is 178 g/mol. The molecule has 0 aliphatic carbocycles. The number of carboxylic acid groups (broad SMARTS) is 1. The summed E-state index contributed by atoms with van der Waals surface area (Å²) in [6.45, 7) is 6.11. The third-order valence-electron chi connectivity index (χ3n) is 3.16. The first-order valence-electron chi connectivity index (χ1n) is 5.62. The van der Waals surface area contributed by atoms with Crippen LogP contribution < -0.4 is 0 Å². The summed E-state index contributed by atoms with van der Waals surface area (Å²) in [6, 6.07) is -0.264. The van der Waals surface area contributed by atoms with E-state index in [2.05, 4.69) is 11.8 Å². The van der Waals surface area contributed by atoms with E-state index in [4.69, 9.17) is 5.11 Å². The van der Waals surface area contributed by atoms with E-state index in [0.717, 1.165) is 31.8 Å². The van der Waals surface area contributed by atoms with Gasteiger partial charge in [-0.3, -0.25) is 9.69 Å². The molecular formula is C11H21NO2. The number of carbonyl (C=O) groups is 1. The second kappa shape index (κ2) is 5.35. The van der Waals surface area contributed by atoms with E-state index >= 15 is 0 Å². The predicted molar refractivity (Wildman–Crippen MR) is 56.3 cm³/mol. The normalized spacial score (nSPS) is 26.9. The van der Waals surface area contributed by atoms with Crippen molar-refractivity contribution in [2.24, 2.45) is 5.92 Å². The molecule has 0 aromatic heterocycles. The number of hydrogen-bond donors (Lipinski definition) is 1. The summed E-state index contributed by atoms with van der Waals surface area (Å²) in [6.07, 6.45) is 4.24. The molecule has 0 spiro atoms. The van der Waals surface area contributed by atoms with Gasteiger partial charge >= 0.3 is 5.97 Å². The predicted octanol–water partition coefficient (Wildman–Crippen LogP) is 1.97. The highest BCUT2D eigenvalue weighted by atomic mass is 16.4. The van der Waals surface area contributed by atoms with Crippen molar-refractivity contribution in [3.05, 3.63) is 0 Å². The molecule has 3 heteroatoms. The lowest BCUT2D eigenvalue weighted by molar-refractivity contribution is -0.143. The molecule has 0 amide bonds. The van der Waals surface area contributed by atoms with Crippen LogP contribution in [0.15, 0.2) is 0 Å². The molecule has 2 atom stereocenters. The van der Waals surface area contributed by atoms with Crippen LogP contribution in [-0.4, -0.2) is 35.1 Å². The Kier molecular flexibility index (Phi) is 4.39. The molecule has 0 aromatic rings. The minimum absolute atomic E-state index is 0.264. The zero-order chi connectivity index (χ0) is 10.6. The van der Waals surface area contributed by atoms with Gasteiger partial charge in [-0.05, 0) is 44.7 Å². The Hall–Kier alpha value is -0.570. The second-order valence-corrected chi connectivity index (χ2v) is 4.33. The van der Waals surface area contributed by atoms with Crippen LogP contribution in [0.2, 0.25) is 0 Å². The number of rotatable bonds is 3. The van der Waals surface area contributed by atoms with Gasteiger partial charge < -0.3 is 5.11 Å². The number of carboxylic acids is 1. The number of likely N-dealkylation sites (tertiary alicyclic amines) is 1. The molecule has 0 bridgehead atoms. The molecule has 1 aliphatic rings. The third kappa shape index (κ3) is 2.98. The SMILES string of the molecule is CCC(C(=O)O)N1CCCC(C)CC1. The summed E-state index contributed by atoms with van der Waals surface area (Å²) in [7, 11) is 0. The van der Waals surface area contributed by atoms with Crippen molar-refractivity contribution in [1.29, 1.82) is 0 Å². The van der Waals surface area contributed by atoms with E-state index in [9.17, 15) is 4.79 Å². The number of nitrogens with zero attached hydrogens (tertiary/aromatic N) is 1. The highest BCUT2D eigenvalue weighted by Gasteiger charge is 2.25. The standard InChI is InChI=1S/C11H21NO2/c1-3-10(11(13)14)12-7-4-5-9(2)6-8-12/h9-10H,3-8H2,1-2H3,(H,13,14). The van der Waals surface area contributed by atoms with Gasteiger partial charge in [0.2, 0.25) is 0 Å². The Labute approximate surface area is 86.1 Å². The van der Waals surface area contributed by atoms with Crippen LogP contribution in [0.5, 0.6) is 0 Å². The lowest BCUT2D eigenvalue weighted by atomic mass is 10.0. The summed E-state index contributed by atoms with van der Waals surface area (Å²) in [4.78, 5) is 13.1. The van der Waals surface area contributed by atoms with E-state index < -0.39 is 5.97 Å². The minimum atomic E-state index is -0.665. The summed E-state index contributed by atoms with van der Waals surface area (Å²) < 4.78 is 0. The topological polar surface area (TPSA) is 40.5 Å². The van der Waals surface area contributed by atoms with Crippen molar-refractivity contribution in [2.75, 3.05) is 13.1 Å². The highest BCUT2D eigenvalue weighted by Crippen LogP contribution is 2.19. The van der Waals surface area contributed by atoms with E-state index in [1.165, 1.54) is 6.42 Å². The maximum Gasteiger partial charge on any atom is 0.320 e. The zero-order valence-corrected chi connectivity index (χ0v) is 9.20. The molecule has 1 N–H and O–H groups in total. The van der Waals surface area contributed by atoms with Crippen LogP contribution in [0.3, 0.4) is 0 Å². The van der Waals surface area contributed by atoms with E-state index in [-0.39, 0.29) is 6.04 Å². The van der Waals surface area contributed by atoms with Crippen LogP contribution in [0.1, 0.15) is 39.5 Å². The minimum Gasteiger partial charge on any atom is -0.480 e. The van der Waals surface area contributed by atoms with Gasteiger partial charge in [0.1, 0.15) is 6.04 Å². The Balaban J connectivity index is 2.53. The summed E-state index contributed by atoms with van der Waals surface area (Å²) >= 11 is 0. The van der Waals surface area contributed by atoms with Gasteiger partial charge in [0.25, 0.3) is 0 Å². The summed E-state index contributed by atoms with van der Waals surface area (Å²) in [5, 5.41) is 9.04. The highest BCUT2D eigenvalue weighted by molar-refractivity contribution is 5.73. The molecule has 2 unspecified atom stereocenters. The largest absolute Gasteiger partial charge is 0.480 e. The molecule has 1 rings (SSSR count). The number of aliphatic carboxylic acids is 1. The van der Waals surface area contributed by atoms with Crippen molar-refractivity contribution in [1.82, 2.24) is 4.90 Å². The fourth-order valence-corrected chi connectivity index (χ4v) is 2.19. The van der Waals surface area contributed by atoms with E-state index in [1.54, 1.807) is 0 Å². The van der Waals surface area contributed by atoms with Gasteiger partial charge in [0.05, 0.1) is 0 Å². The Morgan fingerprint density at radius 2 is 2.21 bits per heavy atom. The fraction of sp³-hybridized carbons (Fsp3) is 0.909. The molecule has 3 nitrogen and oxygen atoms in total. The van der Waals surface area contributed by atoms with Gasteiger partial charge in [-0.25, -0.2) is 0 Å². The first kappa shape index (κ1) is 11.5. The molecule has 1 aliphatic heterocycles. The van der Waals surface area contributed by atoms with Gasteiger partial charge in [-0.15, -0.1) is 0 Å². The Morgan fingerprint density at radius 3 is 2.79 bits per heavy atom. The van der Waals surface area contributed by atoms with Crippen molar-refractivity contribution in [3.63, 3.8) is 0 Å². The summed E-state index contributed by atoms with van der Waals surface area (Å²) in [5.41, 5.74) is 0. The fourth-order valence-electron chi connectivity index (χ4n) is 2.19. The smallest absolute Gasteiger partial charge is 0.320 e. The molecule has 1 saturated heterocycles. The zero-order valence-electron chi connectivity index (χ0n) is 9.20. The average molecular weight is 199 g/mol. The van der Waals surface area contributed by atoms with Gasteiger partial charge in [0.15, 0.2) is 0 Å². The van der Waals surface area contributed by atoms with Crippen molar-refractivity contribution in [3.8, 4) is 0 Å². The van der Waals surface area contributed by atoms with Crippen molar-refractivity contribution in [2.45, 2.75) is 45.6 Å². The van der Waals surface area contributed by atoms with E-state index in [0.29, 0.717) is 6.42 Å². The molecule has 14 heavy (non-hydrogen) atoms. The van der Waals surface area contributed by atoms with Gasteiger partial charge in [0, 0.05) is 0 Å². The van der Waals surface area contributed by atoms with Crippen LogP contribution in [0.25, 0.3) is 0 Å². The molecule has 1 heterocycles. The first-order chi connectivity index (χ1) is 6.65. The van der Waals surface area contributed by atoms with Crippen molar-refractivity contribution >= 4 is 5.97 Å². The van der Waals surface area contributed by atoms with Crippen LogP contribution in [0, 0.1) is 5.92 Å². The van der Waals surface area contributed by atoms with Gasteiger partial charge in [-0.1, -0.05) is 13.8 Å². The quantitative estimate of drug-likeness (QED) is 0.755. The lowest BCUT2D eigenvalue weighted by Gasteiger charge is -2.26. The van der Waals surface area contributed by atoms with Crippen LogP contribution in [0.4, 0.5) is 0 Å². The molecule has 0 saturated carbocycles. The third-order valence-corrected chi connectivity index (χ3v) is 3.16. The number of hydrogen-bond acceptors (Lipinski definition) is 2. The van der Waals surface area contributed by atoms with Gasteiger partial charge in [-0.2, -0.15) is 0 Å². The maximum atomic E-state index is 11.0.